The highest BCUT2D eigenvalue weighted by Crippen LogP contribution is 2.18. The first-order chi connectivity index (χ1) is 8.06. The molecule has 1 aromatic carbocycles. The Morgan fingerprint density at radius 3 is 2.59 bits per heavy atom. The van der Waals surface area contributed by atoms with Gasteiger partial charge in [-0.25, -0.2) is 4.98 Å². The van der Waals surface area contributed by atoms with Gasteiger partial charge in [0.05, 0.1) is 0 Å². The molecule has 0 aliphatic heterocycles. The van der Waals surface area contributed by atoms with E-state index in [1.54, 1.807) is 6.20 Å². The number of nitrogens with one attached hydrogen (secondary N) is 1. The molecule has 2 rings (SSSR count). The maximum absolute atomic E-state index is 11.9. The monoisotopic (exact) mass is 246 g/mol. The summed E-state index contributed by atoms with van der Waals surface area (Å²) in [6.07, 6.45) is 1.75. The van der Waals surface area contributed by atoms with Crippen molar-refractivity contribution in [3.05, 3.63) is 46.0 Å². The van der Waals surface area contributed by atoms with Crippen molar-refractivity contribution in [3.8, 4) is 0 Å². The molecule has 0 radical (unpaired) electrons. The second-order valence-electron chi connectivity index (χ2n) is 4.03. The molecule has 0 unspecified atom stereocenters. The van der Waals surface area contributed by atoms with Crippen molar-refractivity contribution in [2.75, 3.05) is 5.32 Å². The quantitative estimate of drug-likeness (QED) is 0.883. The van der Waals surface area contributed by atoms with Crippen LogP contribution < -0.4 is 5.32 Å². The minimum atomic E-state index is -0.109. The zero-order valence-electron chi connectivity index (χ0n) is 10.1. The number of aromatic nitrogens is 1. The number of rotatable bonds is 2. The van der Waals surface area contributed by atoms with Gasteiger partial charge in [-0.15, -0.1) is 11.3 Å². The fourth-order valence-corrected chi connectivity index (χ4v) is 2.12. The molecule has 0 saturated carbocycles. The zero-order chi connectivity index (χ0) is 12.4. The van der Waals surface area contributed by atoms with Gasteiger partial charge in [-0.1, -0.05) is 6.07 Å². The second kappa shape index (κ2) is 4.67. The SMILES string of the molecule is Cc1cnc(NC(=O)c2ccc(C)c(C)c2)s1. The van der Waals surface area contributed by atoms with E-state index < -0.39 is 0 Å². The Bertz CT molecular complexity index is 560. The summed E-state index contributed by atoms with van der Waals surface area (Å²) < 4.78 is 0. The first-order valence-electron chi connectivity index (χ1n) is 5.37. The summed E-state index contributed by atoms with van der Waals surface area (Å²) in [5, 5.41) is 3.44. The molecule has 0 spiro atoms. The van der Waals surface area contributed by atoms with Crippen molar-refractivity contribution in [1.82, 2.24) is 4.98 Å². The molecule has 4 heteroatoms. The molecule has 17 heavy (non-hydrogen) atoms. The lowest BCUT2D eigenvalue weighted by Gasteiger charge is -2.04. The predicted octanol–water partition coefficient (Wildman–Crippen LogP) is 3.32. The number of amides is 1. The Morgan fingerprint density at radius 2 is 2.00 bits per heavy atom. The molecule has 0 fully saturated rings. The number of benzene rings is 1. The molecule has 88 valence electrons. The molecule has 2 aromatic rings. The summed E-state index contributed by atoms with van der Waals surface area (Å²) in [5.41, 5.74) is 2.97. The standard InChI is InChI=1S/C13H14N2OS/c1-8-4-5-11(6-9(8)2)12(16)15-13-14-7-10(3)17-13/h4-7H,1-3H3,(H,14,15,16). The van der Waals surface area contributed by atoms with E-state index >= 15 is 0 Å². The first-order valence-corrected chi connectivity index (χ1v) is 6.19. The van der Waals surface area contributed by atoms with Gasteiger partial charge in [0.2, 0.25) is 0 Å². The minimum Gasteiger partial charge on any atom is -0.298 e. The van der Waals surface area contributed by atoms with Crippen LogP contribution >= 0.6 is 11.3 Å². The largest absolute Gasteiger partial charge is 0.298 e. The summed E-state index contributed by atoms with van der Waals surface area (Å²) in [6.45, 7) is 5.99. The lowest BCUT2D eigenvalue weighted by Crippen LogP contribution is -2.11. The number of hydrogen-bond donors (Lipinski definition) is 1. The van der Waals surface area contributed by atoms with Crippen LogP contribution in [-0.4, -0.2) is 10.9 Å². The number of carbonyl (C=O) groups is 1. The van der Waals surface area contributed by atoms with Crippen LogP contribution in [0.15, 0.2) is 24.4 Å². The molecular formula is C13H14N2OS. The fraction of sp³-hybridized carbons (Fsp3) is 0.231. The molecule has 0 bridgehead atoms. The molecule has 1 amide bonds. The number of nitrogens with zero attached hydrogens (tertiary/aromatic N) is 1. The van der Waals surface area contributed by atoms with E-state index in [1.807, 2.05) is 39.0 Å². The fourth-order valence-electron chi connectivity index (χ4n) is 1.46. The number of anilines is 1. The van der Waals surface area contributed by atoms with Crippen LogP contribution in [0.5, 0.6) is 0 Å². The topological polar surface area (TPSA) is 42.0 Å². The predicted molar refractivity (Wildman–Crippen MR) is 70.7 cm³/mol. The van der Waals surface area contributed by atoms with Crippen molar-refractivity contribution in [3.63, 3.8) is 0 Å². The van der Waals surface area contributed by atoms with Crippen molar-refractivity contribution < 1.29 is 4.79 Å². The van der Waals surface area contributed by atoms with Crippen molar-refractivity contribution in [2.45, 2.75) is 20.8 Å². The number of hydrogen-bond acceptors (Lipinski definition) is 3. The molecular weight excluding hydrogens is 232 g/mol. The Hall–Kier alpha value is -1.68. The third kappa shape index (κ3) is 2.71. The smallest absolute Gasteiger partial charge is 0.257 e. The van der Waals surface area contributed by atoms with Gasteiger partial charge in [0, 0.05) is 16.6 Å². The Morgan fingerprint density at radius 1 is 1.24 bits per heavy atom. The van der Waals surface area contributed by atoms with E-state index in [0.29, 0.717) is 10.7 Å². The first kappa shape index (κ1) is 11.8. The van der Waals surface area contributed by atoms with Crippen LogP contribution in [0.3, 0.4) is 0 Å². The van der Waals surface area contributed by atoms with Crippen molar-refractivity contribution in [1.29, 1.82) is 0 Å². The van der Waals surface area contributed by atoms with Gasteiger partial charge in [0.25, 0.3) is 5.91 Å². The molecule has 1 heterocycles. The van der Waals surface area contributed by atoms with E-state index in [2.05, 4.69) is 10.3 Å². The van der Waals surface area contributed by atoms with Crippen molar-refractivity contribution >= 4 is 22.4 Å². The van der Waals surface area contributed by atoms with E-state index in [1.165, 1.54) is 16.9 Å². The van der Waals surface area contributed by atoms with Crippen LogP contribution in [0.2, 0.25) is 0 Å². The van der Waals surface area contributed by atoms with Crippen LogP contribution in [-0.2, 0) is 0 Å². The Kier molecular flexibility index (Phi) is 3.24. The summed E-state index contributed by atoms with van der Waals surface area (Å²) in [5.74, 6) is -0.109. The van der Waals surface area contributed by atoms with E-state index in [4.69, 9.17) is 0 Å². The van der Waals surface area contributed by atoms with E-state index in [0.717, 1.165) is 10.4 Å². The van der Waals surface area contributed by atoms with Gasteiger partial charge >= 0.3 is 0 Å². The van der Waals surface area contributed by atoms with Gasteiger partial charge in [-0.3, -0.25) is 10.1 Å². The normalized spacial score (nSPS) is 10.3. The summed E-state index contributed by atoms with van der Waals surface area (Å²) in [7, 11) is 0. The second-order valence-corrected chi connectivity index (χ2v) is 5.26. The zero-order valence-corrected chi connectivity index (χ0v) is 10.9. The van der Waals surface area contributed by atoms with Crippen LogP contribution in [0.25, 0.3) is 0 Å². The van der Waals surface area contributed by atoms with Gasteiger partial charge in [-0.2, -0.15) is 0 Å². The third-order valence-corrected chi connectivity index (χ3v) is 3.44. The Labute approximate surface area is 105 Å². The lowest BCUT2D eigenvalue weighted by atomic mass is 10.1. The maximum Gasteiger partial charge on any atom is 0.257 e. The minimum absolute atomic E-state index is 0.109. The average Bonchev–Trinajstić information content (AvgIpc) is 2.68. The third-order valence-electron chi connectivity index (χ3n) is 2.61. The van der Waals surface area contributed by atoms with Gasteiger partial charge in [0.15, 0.2) is 5.13 Å². The van der Waals surface area contributed by atoms with Crippen LogP contribution in [0.4, 0.5) is 5.13 Å². The highest BCUT2D eigenvalue weighted by Gasteiger charge is 2.08. The highest BCUT2D eigenvalue weighted by molar-refractivity contribution is 7.15. The molecule has 1 N–H and O–H groups in total. The molecule has 0 aliphatic carbocycles. The van der Waals surface area contributed by atoms with Crippen LogP contribution in [0, 0.1) is 20.8 Å². The van der Waals surface area contributed by atoms with E-state index in [9.17, 15) is 4.79 Å². The number of aryl methyl sites for hydroxylation is 3. The summed E-state index contributed by atoms with van der Waals surface area (Å²) in [6, 6.07) is 5.68. The molecule has 1 aromatic heterocycles. The summed E-state index contributed by atoms with van der Waals surface area (Å²) in [4.78, 5) is 17.1. The lowest BCUT2D eigenvalue weighted by molar-refractivity contribution is 0.102. The highest BCUT2D eigenvalue weighted by atomic mass is 32.1. The molecule has 0 saturated heterocycles. The number of thiazole rings is 1. The van der Waals surface area contributed by atoms with E-state index in [-0.39, 0.29) is 5.91 Å². The van der Waals surface area contributed by atoms with Crippen molar-refractivity contribution in [2.24, 2.45) is 0 Å². The van der Waals surface area contributed by atoms with Gasteiger partial charge in [-0.05, 0) is 44.0 Å². The van der Waals surface area contributed by atoms with Crippen LogP contribution in [0.1, 0.15) is 26.4 Å². The molecule has 0 aliphatic rings. The van der Waals surface area contributed by atoms with Gasteiger partial charge in [0.1, 0.15) is 0 Å². The summed E-state index contributed by atoms with van der Waals surface area (Å²) >= 11 is 1.48. The Balaban J connectivity index is 2.17. The number of carbonyl (C=O) groups excluding carboxylic acids is 1. The molecule has 0 atom stereocenters. The molecule has 3 nitrogen and oxygen atoms in total. The van der Waals surface area contributed by atoms with Gasteiger partial charge < -0.3 is 0 Å². The maximum atomic E-state index is 11.9. The average molecular weight is 246 g/mol.